The minimum atomic E-state index is -0.552. The third-order valence-corrected chi connectivity index (χ3v) is 3.14. The van der Waals surface area contributed by atoms with Crippen molar-refractivity contribution in [2.45, 2.75) is 0 Å². The predicted octanol–water partition coefficient (Wildman–Crippen LogP) is 0.813. The zero-order valence-electron chi connectivity index (χ0n) is 10.3. The van der Waals surface area contributed by atoms with Gasteiger partial charge >= 0.3 is 0 Å². The number of aromatic hydroxyl groups is 1. The number of phenols is 1. The number of halogens is 1. The molecule has 2 rings (SSSR count). The van der Waals surface area contributed by atoms with E-state index in [2.05, 4.69) is 6.07 Å². The average Bonchev–Trinajstić information content (AvgIpc) is 2.42. The molecule has 100 valence electrons. The van der Waals surface area contributed by atoms with Crippen molar-refractivity contribution in [3.8, 4) is 11.8 Å². The number of benzene rings is 1. The maximum atomic E-state index is 13.1. The zero-order valence-corrected chi connectivity index (χ0v) is 10.3. The Morgan fingerprint density at radius 3 is 2.68 bits per heavy atom. The molecule has 0 aliphatic carbocycles. The van der Waals surface area contributed by atoms with Gasteiger partial charge in [0.2, 0.25) is 0 Å². The van der Waals surface area contributed by atoms with Crippen molar-refractivity contribution in [1.29, 1.82) is 5.26 Å². The number of carbonyl (C=O) groups excluding carboxylic acids is 1. The molecule has 6 heteroatoms. The third kappa shape index (κ3) is 3.01. The van der Waals surface area contributed by atoms with Crippen molar-refractivity contribution in [2.24, 2.45) is 0 Å². The summed E-state index contributed by atoms with van der Waals surface area (Å²) in [7, 11) is 0. The van der Waals surface area contributed by atoms with Crippen LogP contribution in [0.25, 0.3) is 0 Å². The third-order valence-electron chi connectivity index (χ3n) is 3.14. The summed E-state index contributed by atoms with van der Waals surface area (Å²) in [6.07, 6.45) is 0. The van der Waals surface area contributed by atoms with Crippen LogP contribution in [-0.2, 0) is 0 Å². The molecule has 1 aromatic rings. The second kappa shape index (κ2) is 5.67. The van der Waals surface area contributed by atoms with Gasteiger partial charge in [-0.15, -0.1) is 0 Å². The number of hydrogen-bond donors (Lipinski definition) is 1. The molecule has 1 saturated heterocycles. The normalized spacial score (nSPS) is 16.1. The first-order chi connectivity index (χ1) is 9.11. The van der Waals surface area contributed by atoms with E-state index in [0.29, 0.717) is 32.7 Å². The highest BCUT2D eigenvalue weighted by Crippen LogP contribution is 2.20. The Morgan fingerprint density at radius 1 is 1.37 bits per heavy atom. The molecule has 0 saturated carbocycles. The minimum absolute atomic E-state index is 0.0197. The lowest BCUT2D eigenvalue weighted by Gasteiger charge is -2.33. The van der Waals surface area contributed by atoms with Crippen LogP contribution in [0.4, 0.5) is 4.39 Å². The number of hydrogen-bond acceptors (Lipinski definition) is 4. The van der Waals surface area contributed by atoms with E-state index in [1.165, 1.54) is 6.07 Å². The van der Waals surface area contributed by atoms with Crippen LogP contribution in [0, 0.1) is 17.1 Å². The Bertz CT molecular complexity index is 519. The fourth-order valence-electron chi connectivity index (χ4n) is 2.06. The fourth-order valence-corrected chi connectivity index (χ4v) is 2.06. The summed E-state index contributed by atoms with van der Waals surface area (Å²) in [5, 5.41) is 18.2. The molecular weight excluding hydrogens is 249 g/mol. The topological polar surface area (TPSA) is 67.6 Å². The minimum Gasteiger partial charge on any atom is -0.507 e. The van der Waals surface area contributed by atoms with Gasteiger partial charge in [-0.2, -0.15) is 5.26 Å². The number of piperazine rings is 1. The van der Waals surface area contributed by atoms with Gasteiger partial charge in [-0.1, -0.05) is 0 Å². The molecule has 1 N–H and O–H groups in total. The van der Waals surface area contributed by atoms with Crippen LogP contribution >= 0.6 is 0 Å². The molecule has 5 nitrogen and oxygen atoms in total. The van der Waals surface area contributed by atoms with Crippen molar-refractivity contribution in [1.82, 2.24) is 9.80 Å². The summed E-state index contributed by atoms with van der Waals surface area (Å²) in [4.78, 5) is 15.7. The number of nitrogens with zero attached hydrogens (tertiary/aromatic N) is 3. The van der Waals surface area contributed by atoms with Crippen molar-refractivity contribution in [3.05, 3.63) is 29.6 Å². The van der Waals surface area contributed by atoms with Gasteiger partial charge in [0, 0.05) is 26.2 Å². The van der Waals surface area contributed by atoms with Crippen molar-refractivity contribution in [2.75, 3.05) is 32.7 Å². The molecule has 0 bridgehead atoms. The Morgan fingerprint density at radius 2 is 2.05 bits per heavy atom. The lowest BCUT2D eigenvalue weighted by molar-refractivity contribution is 0.0648. The van der Waals surface area contributed by atoms with E-state index >= 15 is 0 Å². The maximum absolute atomic E-state index is 13.1. The van der Waals surface area contributed by atoms with Gasteiger partial charge in [-0.05, 0) is 18.2 Å². The maximum Gasteiger partial charge on any atom is 0.257 e. The van der Waals surface area contributed by atoms with Gasteiger partial charge in [0.1, 0.15) is 11.6 Å². The van der Waals surface area contributed by atoms with Crippen LogP contribution in [0.3, 0.4) is 0 Å². The quantitative estimate of drug-likeness (QED) is 0.802. The Kier molecular flexibility index (Phi) is 3.97. The first-order valence-corrected chi connectivity index (χ1v) is 5.99. The number of carbonyl (C=O) groups is 1. The number of nitriles is 1. The molecule has 0 atom stereocenters. The van der Waals surface area contributed by atoms with Gasteiger partial charge < -0.3 is 10.0 Å². The van der Waals surface area contributed by atoms with Crippen molar-refractivity contribution in [3.63, 3.8) is 0 Å². The first kappa shape index (κ1) is 13.3. The summed E-state index contributed by atoms with van der Waals surface area (Å²) >= 11 is 0. The highest BCUT2D eigenvalue weighted by molar-refractivity contribution is 5.96. The van der Waals surface area contributed by atoms with E-state index in [0.717, 1.165) is 12.1 Å². The predicted molar refractivity (Wildman–Crippen MR) is 66.0 cm³/mol. The Labute approximate surface area is 110 Å². The Balaban J connectivity index is 2.05. The largest absolute Gasteiger partial charge is 0.507 e. The van der Waals surface area contributed by atoms with Crippen molar-refractivity contribution >= 4 is 5.91 Å². The second-order valence-corrected chi connectivity index (χ2v) is 4.39. The van der Waals surface area contributed by atoms with E-state index in [-0.39, 0.29) is 17.2 Å². The van der Waals surface area contributed by atoms with Crippen LogP contribution in [0.5, 0.6) is 5.75 Å². The van der Waals surface area contributed by atoms with Crippen LogP contribution in [0.15, 0.2) is 18.2 Å². The molecule has 1 fully saturated rings. The zero-order chi connectivity index (χ0) is 13.8. The molecule has 1 aromatic carbocycles. The smallest absolute Gasteiger partial charge is 0.257 e. The van der Waals surface area contributed by atoms with Crippen LogP contribution in [-0.4, -0.2) is 53.5 Å². The number of phenolic OH excluding ortho intramolecular Hbond substituents is 1. The van der Waals surface area contributed by atoms with Gasteiger partial charge in [-0.25, -0.2) is 4.39 Å². The van der Waals surface area contributed by atoms with E-state index in [1.807, 2.05) is 4.90 Å². The molecule has 19 heavy (non-hydrogen) atoms. The van der Waals surface area contributed by atoms with E-state index in [9.17, 15) is 14.3 Å². The SMILES string of the molecule is N#CCN1CCN(C(=O)c2cc(F)ccc2O)CC1. The van der Waals surface area contributed by atoms with Gasteiger partial charge in [0.05, 0.1) is 18.2 Å². The number of rotatable bonds is 2. The van der Waals surface area contributed by atoms with Gasteiger partial charge in [0.25, 0.3) is 5.91 Å². The molecule has 1 amide bonds. The highest BCUT2D eigenvalue weighted by atomic mass is 19.1. The molecule has 0 spiro atoms. The summed E-state index contributed by atoms with van der Waals surface area (Å²) in [6, 6.07) is 5.39. The molecule has 1 aliphatic heterocycles. The second-order valence-electron chi connectivity index (χ2n) is 4.39. The van der Waals surface area contributed by atoms with E-state index < -0.39 is 5.82 Å². The van der Waals surface area contributed by atoms with Crippen LogP contribution < -0.4 is 0 Å². The molecular formula is C13H14FN3O2. The van der Waals surface area contributed by atoms with Crippen LogP contribution in [0.2, 0.25) is 0 Å². The van der Waals surface area contributed by atoms with Crippen LogP contribution in [0.1, 0.15) is 10.4 Å². The first-order valence-electron chi connectivity index (χ1n) is 5.99. The lowest BCUT2D eigenvalue weighted by atomic mass is 10.1. The summed E-state index contributed by atoms with van der Waals surface area (Å²) in [6.45, 7) is 2.49. The standard InChI is InChI=1S/C13H14FN3O2/c14-10-1-2-12(18)11(9-10)13(19)17-7-5-16(4-3-15)6-8-17/h1-2,9,18H,4-8H2. The summed E-state index contributed by atoms with van der Waals surface area (Å²) < 4.78 is 13.1. The fraction of sp³-hybridized carbons (Fsp3) is 0.385. The summed E-state index contributed by atoms with van der Waals surface area (Å²) in [5.74, 6) is -1.15. The average molecular weight is 263 g/mol. The number of amides is 1. The van der Waals surface area contributed by atoms with E-state index in [4.69, 9.17) is 5.26 Å². The Hall–Kier alpha value is -2.13. The summed E-state index contributed by atoms with van der Waals surface area (Å²) in [5.41, 5.74) is -0.0197. The van der Waals surface area contributed by atoms with Gasteiger partial charge in [-0.3, -0.25) is 9.69 Å². The lowest BCUT2D eigenvalue weighted by Crippen LogP contribution is -2.48. The molecule has 1 heterocycles. The molecule has 1 aliphatic rings. The van der Waals surface area contributed by atoms with Gasteiger partial charge in [0.15, 0.2) is 0 Å². The molecule has 0 radical (unpaired) electrons. The van der Waals surface area contributed by atoms with Crippen molar-refractivity contribution < 1.29 is 14.3 Å². The highest BCUT2D eigenvalue weighted by Gasteiger charge is 2.24. The van der Waals surface area contributed by atoms with E-state index in [1.54, 1.807) is 4.90 Å². The monoisotopic (exact) mass is 263 g/mol. The molecule has 0 aromatic heterocycles. The molecule has 0 unspecified atom stereocenters.